The third kappa shape index (κ3) is 2.16. The number of amides is 1. The number of aryl methyl sites for hydroxylation is 1. The maximum Gasteiger partial charge on any atom is 0.296 e. The molecule has 0 fully saturated rings. The highest BCUT2D eigenvalue weighted by Gasteiger charge is 2.12. The van der Waals surface area contributed by atoms with Crippen LogP contribution in [0.4, 0.5) is 5.13 Å². The van der Waals surface area contributed by atoms with Gasteiger partial charge in [0.1, 0.15) is 5.69 Å². The van der Waals surface area contributed by atoms with Crippen molar-refractivity contribution in [3.8, 4) is 0 Å². The molecule has 7 nitrogen and oxygen atoms in total. The largest absolute Gasteiger partial charge is 0.296 e. The molecule has 0 spiro atoms. The second-order valence-electron chi connectivity index (χ2n) is 4.01. The Morgan fingerprint density at radius 3 is 2.75 bits per heavy atom. The smallest absolute Gasteiger partial charge is 0.296 e. The van der Waals surface area contributed by atoms with Crippen molar-refractivity contribution in [1.82, 2.24) is 19.8 Å². The fraction of sp³-hybridized carbons (Fsp3) is 0.0833. The number of carbonyl (C=O) groups excluding carboxylic acids is 1. The lowest BCUT2D eigenvalue weighted by Gasteiger charge is -1.99. The number of hydrogen-bond acceptors (Lipinski definition) is 6. The number of nitrogens with one attached hydrogen (secondary N) is 1. The first-order chi connectivity index (χ1) is 9.65. The maximum atomic E-state index is 12.0. The summed E-state index contributed by atoms with van der Waals surface area (Å²) in [6, 6.07) is 8.75. The molecule has 0 saturated heterocycles. The number of fused-ring (bicyclic) bond motifs is 1. The molecule has 1 N–H and O–H groups in total. The summed E-state index contributed by atoms with van der Waals surface area (Å²) in [4.78, 5) is 24.1. The molecule has 0 bridgehead atoms. The lowest BCUT2D eigenvalue weighted by Crippen LogP contribution is -2.19. The van der Waals surface area contributed by atoms with Gasteiger partial charge >= 0.3 is 0 Å². The first-order valence-corrected chi connectivity index (χ1v) is 6.56. The average Bonchev–Trinajstić information content (AvgIpc) is 2.87. The number of carbonyl (C=O) groups is 1. The van der Waals surface area contributed by atoms with Crippen LogP contribution in [-0.4, -0.2) is 25.7 Å². The van der Waals surface area contributed by atoms with Crippen LogP contribution >= 0.6 is 11.3 Å². The highest BCUT2D eigenvalue weighted by molar-refractivity contribution is 7.20. The number of rotatable bonds is 2. The lowest BCUT2D eigenvalue weighted by atomic mass is 10.2. The van der Waals surface area contributed by atoms with E-state index < -0.39 is 0 Å². The molecule has 0 saturated carbocycles. The molecule has 3 aromatic rings. The van der Waals surface area contributed by atoms with Crippen LogP contribution in [0.15, 0.2) is 35.1 Å². The molecule has 0 aliphatic rings. The Kier molecular flexibility index (Phi) is 2.99. The van der Waals surface area contributed by atoms with Crippen LogP contribution in [0.5, 0.6) is 0 Å². The first kappa shape index (κ1) is 12.4. The number of anilines is 1. The fourth-order valence-corrected chi connectivity index (χ4v) is 2.33. The van der Waals surface area contributed by atoms with Crippen LogP contribution in [0.3, 0.4) is 0 Å². The molecular weight excluding hydrogens is 278 g/mol. The zero-order valence-electron chi connectivity index (χ0n) is 10.4. The minimum Gasteiger partial charge on any atom is -0.296 e. The van der Waals surface area contributed by atoms with Gasteiger partial charge in [0.25, 0.3) is 11.5 Å². The van der Waals surface area contributed by atoms with Gasteiger partial charge in [-0.3, -0.25) is 14.9 Å². The van der Waals surface area contributed by atoms with Gasteiger partial charge in [-0.1, -0.05) is 29.5 Å². The fourth-order valence-electron chi connectivity index (χ4n) is 1.60. The Morgan fingerprint density at radius 2 is 2.00 bits per heavy atom. The van der Waals surface area contributed by atoms with Crippen molar-refractivity contribution in [2.45, 2.75) is 6.92 Å². The molecule has 0 atom stereocenters. The number of aromatic nitrogens is 4. The zero-order chi connectivity index (χ0) is 14.1. The summed E-state index contributed by atoms with van der Waals surface area (Å²) in [7, 11) is 0. The van der Waals surface area contributed by atoms with Crippen LogP contribution in [0.2, 0.25) is 0 Å². The van der Waals surface area contributed by atoms with E-state index in [1.54, 1.807) is 31.2 Å². The van der Waals surface area contributed by atoms with Crippen LogP contribution < -0.4 is 10.9 Å². The molecule has 2 heterocycles. The Hall–Kier alpha value is -2.61. The van der Waals surface area contributed by atoms with Crippen LogP contribution in [0, 0.1) is 6.92 Å². The topological polar surface area (TPSA) is 89.2 Å². The summed E-state index contributed by atoms with van der Waals surface area (Å²) in [5, 5.41) is 14.6. The quantitative estimate of drug-likeness (QED) is 0.762. The molecule has 20 heavy (non-hydrogen) atoms. The Balaban J connectivity index is 1.94. The predicted octanol–water partition coefficient (Wildman–Crippen LogP) is 1.11. The van der Waals surface area contributed by atoms with E-state index in [0.29, 0.717) is 15.7 Å². The highest BCUT2D eigenvalue weighted by atomic mass is 32.1. The van der Waals surface area contributed by atoms with Gasteiger partial charge in [-0.05, 0) is 19.1 Å². The van der Waals surface area contributed by atoms with Crippen molar-refractivity contribution in [3.63, 3.8) is 0 Å². The molecule has 1 amide bonds. The number of benzene rings is 1. The predicted molar refractivity (Wildman–Crippen MR) is 74.1 cm³/mol. The average molecular weight is 287 g/mol. The molecule has 100 valence electrons. The summed E-state index contributed by atoms with van der Waals surface area (Å²) in [6.45, 7) is 1.56. The molecule has 0 aliphatic heterocycles. The van der Waals surface area contributed by atoms with Gasteiger partial charge in [0, 0.05) is 5.56 Å². The molecule has 3 rings (SSSR count). The van der Waals surface area contributed by atoms with E-state index >= 15 is 0 Å². The van der Waals surface area contributed by atoms with Gasteiger partial charge in [-0.15, -0.1) is 15.3 Å². The van der Waals surface area contributed by atoms with Crippen molar-refractivity contribution >= 4 is 27.3 Å². The molecule has 2 aromatic heterocycles. The zero-order valence-corrected chi connectivity index (χ0v) is 11.2. The Bertz CT molecular complexity index is 840. The first-order valence-electron chi connectivity index (χ1n) is 5.75. The van der Waals surface area contributed by atoms with E-state index in [1.807, 2.05) is 6.07 Å². The minimum absolute atomic E-state index is 0.258. The van der Waals surface area contributed by atoms with E-state index in [4.69, 9.17) is 0 Å². The number of hydrogen-bond donors (Lipinski definition) is 1. The third-order valence-electron chi connectivity index (χ3n) is 2.60. The molecule has 1 aromatic carbocycles. The minimum atomic E-state index is -0.341. The summed E-state index contributed by atoms with van der Waals surface area (Å²) in [5.74, 6) is -0.289. The molecule has 8 heteroatoms. The van der Waals surface area contributed by atoms with E-state index in [2.05, 4.69) is 20.6 Å². The monoisotopic (exact) mass is 287 g/mol. The Morgan fingerprint density at radius 1 is 1.25 bits per heavy atom. The summed E-state index contributed by atoms with van der Waals surface area (Å²) in [5.41, 5.74) is 0.432. The SMILES string of the molecule is Cc1nnc2sc(NC(=O)c3ccccc3)nn2c1=O. The third-order valence-corrected chi connectivity index (χ3v) is 3.42. The van der Waals surface area contributed by atoms with Crippen LogP contribution in [-0.2, 0) is 0 Å². The van der Waals surface area contributed by atoms with Gasteiger partial charge in [-0.2, -0.15) is 4.52 Å². The standard InChI is InChI=1S/C12H9N5O2S/c1-7-10(19)17-12(15-14-7)20-11(16-17)13-9(18)8-5-3-2-4-6-8/h2-6H,1H3,(H,13,16,18). The van der Waals surface area contributed by atoms with Gasteiger partial charge in [0.15, 0.2) is 0 Å². The van der Waals surface area contributed by atoms with E-state index in [-0.39, 0.29) is 17.2 Å². The lowest BCUT2D eigenvalue weighted by molar-refractivity contribution is 0.102. The van der Waals surface area contributed by atoms with Gasteiger partial charge in [-0.25, -0.2) is 0 Å². The summed E-state index contributed by atoms with van der Waals surface area (Å²) >= 11 is 1.09. The van der Waals surface area contributed by atoms with Gasteiger partial charge in [0.05, 0.1) is 0 Å². The van der Waals surface area contributed by atoms with E-state index in [9.17, 15) is 9.59 Å². The van der Waals surface area contributed by atoms with E-state index in [1.165, 1.54) is 0 Å². The molecule has 0 unspecified atom stereocenters. The summed E-state index contributed by atoms with van der Waals surface area (Å²) < 4.78 is 1.13. The number of nitrogens with zero attached hydrogens (tertiary/aromatic N) is 4. The molecular formula is C12H9N5O2S. The van der Waals surface area contributed by atoms with Gasteiger partial charge < -0.3 is 0 Å². The molecule has 0 aliphatic carbocycles. The van der Waals surface area contributed by atoms with Crippen molar-refractivity contribution in [3.05, 3.63) is 51.9 Å². The van der Waals surface area contributed by atoms with Crippen LogP contribution in [0.25, 0.3) is 4.96 Å². The highest BCUT2D eigenvalue weighted by Crippen LogP contribution is 2.16. The van der Waals surface area contributed by atoms with Crippen molar-refractivity contribution in [1.29, 1.82) is 0 Å². The van der Waals surface area contributed by atoms with E-state index in [0.717, 1.165) is 15.9 Å². The van der Waals surface area contributed by atoms with Crippen molar-refractivity contribution in [2.24, 2.45) is 0 Å². The van der Waals surface area contributed by atoms with Gasteiger partial charge in [0.2, 0.25) is 10.1 Å². The summed E-state index contributed by atoms with van der Waals surface area (Å²) in [6.07, 6.45) is 0. The normalized spacial score (nSPS) is 10.7. The molecule has 0 radical (unpaired) electrons. The van der Waals surface area contributed by atoms with Crippen molar-refractivity contribution in [2.75, 3.05) is 5.32 Å². The second-order valence-corrected chi connectivity index (χ2v) is 4.97. The second kappa shape index (κ2) is 4.82. The Labute approximate surface area is 116 Å². The van der Waals surface area contributed by atoms with Crippen LogP contribution in [0.1, 0.15) is 16.1 Å². The van der Waals surface area contributed by atoms with Crippen molar-refractivity contribution < 1.29 is 4.79 Å². The maximum absolute atomic E-state index is 12.0.